The number of amides is 3. The van der Waals surface area contributed by atoms with E-state index in [1.807, 2.05) is 40.1 Å². The number of carbonyl (C=O) groups excluding carboxylic acids is 2. The fourth-order valence-corrected chi connectivity index (χ4v) is 3.79. The van der Waals surface area contributed by atoms with E-state index in [0.29, 0.717) is 19.6 Å². The highest BCUT2D eigenvalue weighted by Crippen LogP contribution is 2.40. The normalized spacial score (nSPS) is 23.6. The van der Waals surface area contributed by atoms with Crippen LogP contribution in [0.3, 0.4) is 0 Å². The summed E-state index contributed by atoms with van der Waals surface area (Å²) >= 11 is 0. The Balaban J connectivity index is 1.60. The molecule has 5 heteroatoms. The molecule has 3 amide bonds. The summed E-state index contributed by atoms with van der Waals surface area (Å²) in [5.41, 5.74) is 0.692. The molecule has 1 atom stereocenters. The summed E-state index contributed by atoms with van der Waals surface area (Å²) in [7, 11) is 0. The van der Waals surface area contributed by atoms with Crippen molar-refractivity contribution in [3.8, 4) is 0 Å². The second-order valence-electron chi connectivity index (χ2n) is 6.74. The summed E-state index contributed by atoms with van der Waals surface area (Å²) in [5, 5.41) is 2.97. The van der Waals surface area contributed by atoms with Gasteiger partial charge in [0, 0.05) is 32.7 Å². The minimum atomic E-state index is -0.384. The van der Waals surface area contributed by atoms with Crippen molar-refractivity contribution in [1.29, 1.82) is 0 Å². The maximum atomic E-state index is 12.7. The van der Waals surface area contributed by atoms with E-state index in [1.165, 1.54) is 0 Å². The second-order valence-corrected chi connectivity index (χ2v) is 6.74. The predicted octanol–water partition coefficient (Wildman–Crippen LogP) is 2.40. The number of hydrogen-bond acceptors (Lipinski definition) is 2. The maximum Gasteiger partial charge on any atom is 0.317 e. The Kier molecular flexibility index (Phi) is 4.88. The Labute approximate surface area is 143 Å². The topological polar surface area (TPSA) is 52.6 Å². The van der Waals surface area contributed by atoms with Crippen LogP contribution in [0.4, 0.5) is 4.79 Å². The predicted molar refractivity (Wildman–Crippen MR) is 93.3 cm³/mol. The number of nitrogens with one attached hydrogen (secondary N) is 1. The van der Waals surface area contributed by atoms with Gasteiger partial charge in [0.25, 0.3) is 0 Å². The number of rotatable bonds is 4. The van der Waals surface area contributed by atoms with Crippen LogP contribution in [0.2, 0.25) is 0 Å². The van der Waals surface area contributed by atoms with Crippen LogP contribution >= 0.6 is 0 Å². The van der Waals surface area contributed by atoms with E-state index in [1.54, 1.807) is 6.08 Å². The van der Waals surface area contributed by atoms with Crippen molar-refractivity contribution in [1.82, 2.24) is 15.1 Å². The minimum Gasteiger partial charge on any atom is -0.338 e. The zero-order valence-corrected chi connectivity index (χ0v) is 14.0. The molecule has 1 spiro atoms. The smallest absolute Gasteiger partial charge is 0.317 e. The summed E-state index contributed by atoms with van der Waals surface area (Å²) in [5.74, 6) is 0.183. The number of nitrogens with zero attached hydrogens (tertiary/aromatic N) is 2. The Morgan fingerprint density at radius 2 is 2.04 bits per heavy atom. The number of urea groups is 1. The molecule has 5 nitrogen and oxygen atoms in total. The molecule has 2 aliphatic rings. The van der Waals surface area contributed by atoms with Gasteiger partial charge in [-0.3, -0.25) is 4.79 Å². The van der Waals surface area contributed by atoms with Gasteiger partial charge in [-0.25, -0.2) is 4.79 Å². The lowest BCUT2D eigenvalue weighted by atomic mass is 9.78. The second kappa shape index (κ2) is 7.07. The van der Waals surface area contributed by atoms with Gasteiger partial charge in [0.15, 0.2) is 0 Å². The van der Waals surface area contributed by atoms with Crippen molar-refractivity contribution >= 4 is 11.9 Å². The molecular formula is C19H25N3O2. The standard InChI is InChI=1S/C19H25N3O2/c1-2-11-21-13-10-19(17(21)23)9-6-12-22(15-19)18(24)20-14-16-7-4-3-5-8-16/h2-5,7-8H,1,6,9-15H2,(H,20,24)/t19-/m1/s1. The third kappa shape index (κ3) is 3.30. The van der Waals surface area contributed by atoms with E-state index >= 15 is 0 Å². The van der Waals surface area contributed by atoms with Crippen molar-refractivity contribution in [2.24, 2.45) is 5.41 Å². The van der Waals surface area contributed by atoms with Gasteiger partial charge in [-0.1, -0.05) is 36.4 Å². The molecule has 3 rings (SSSR count). The molecule has 0 aliphatic carbocycles. The molecule has 0 unspecified atom stereocenters. The summed E-state index contributed by atoms with van der Waals surface area (Å²) in [6.45, 7) is 6.85. The highest BCUT2D eigenvalue weighted by atomic mass is 16.2. The van der Waals surface area contributed by atoms with E-state index in [2.05, 4.69) is 11.9 Å². The highest BCUT2D eigenvalue weighted by Gasteiger charge is 2.49. The first kappa shape index (κ1) is 16.6. The van der Waals surface area contributed by atoms with Gasteiger partial charge < -0.3 is 15.1 Å². The van der Waals surface area contributed by atoms with Crippen molar-refractivity contribution in [2.75, 3.05) is 26.2 Å². The van der Waals surface area contributed by atoms with E-state index in [9.17, 15) is 9.59 Å². The first-order valence-electron chi connectivity index (χ1n) is 8.62. The van der Waals surface area contributed by atoms with Gasteiger partial charge in [0.1, 0.15) is 0 Å². The van der Waals surface area contributed by atoms with Crippen LogP contribution < -0.4 is 5.32 Å². The van der Waals surface area contributed by atoms with Gasteiger partial charge in [-0.2, -0.15) is 0 Å². The van der Waals surface area contributed by atoms with E-state index in [4.69, 9.17) is 0 Å². The molecule has 24 heavy (non-hydrogen) atoms. The zero-order chi connectivity index (χ0) is 17.0. The molecule has 0 saturated carbocycles. The van der Waals surface area contributed by atoms with Crippen molar-refractivity contribution in [3.63, 3.8) is 0 Å². The minimum absolute atomic E-state index is 0.0760. The summed E-state index contributed by atoms with van der Waals surface area (Å²) in [4.78, 5) is 28.9. The largest absolute Gasteiger partial charge is 0.338 e. The van der Waals surface area contributed by atoms with Gasteiger partial charge in [0.2, 0.25) is 5.91 Å². The van der Waals surface area contributed by atoms with E-state index in [0.717, 1.165) is 37.9 Å². The van der Waals surface area contributed by atoms with Gasteiger partial charge in [-0.05, 0) is 24.8 Å². The fraction of sp³-hybridized carbons (Fsp3) is 0.474. The first-order chi connectivity index (χ1) is 11.6. The molecule has 0 radical (unpaired) electrons. The molecule has 128 valence electrons. The molecule has 1 N–H and O–H groups in total. The van der Waals surface area contributed by atoms with Crippen LogP contribution in [0, 0.1) is 5.41 Å². The molecule has 2 heterocycles. The lowest BCUT2D eigenvalue weighted by Crippen LogP contribution is -2.52. The van der Waals surface area contributed by atoms with Crippen molar-refractivity contribution < 1.29 is 9.59 Å². The van der Waals surface area contributed by atoms with Gasteiger partial charge in [0.05, 0.1) is 5.41 Å². The summed E-state index contributed by atoms with van der Waals surface area (Å²) in [6.07, 6.45) is 4.36. The Bertz CT molecular complexity index is 616. The van der Waals surface area contributed by atoms with E-state index in [-0.39, 0.29) is 17.4 Å². The molecule has 0 aromatic heterocycles. The SMILES string of the molecule is C=CCN1CC[C@@]2(CCCN(C(=O)NCc3ccccc3)C2)C1=O. The summed E-state index contributed by atoms with van der Waals surface area (Å²) < 4.78 is 0. The average molecular weight is 327 g/mol. The Hall–Kier alpha value is -2.30. The summed E-state index contributed by atoms with van der Waals surface area (Å²) in [6, 6.07) is 9.79. The van der Waals surface area contributed by atoms with Crippen LogP contribution in [0.1, 0.15) is 24.8 Å². The third-order valence-corrected chi connectivity index (χ3v) is 5.10. The van der Waals surface area contributed by atoms with Gasteiger partial charge >= 0.3 is 6.03 Å². The van der Waals surface area contributed by atoms with Crippen LogP contribution in [-0.4, -0.2) is 47.9 Å². The number of benzene rings is 1. The highest BCUT2D eigenvalue weighted by molar-refractivity contribution is 5.86. The molecular weight excluding hydrogens is 302 g/mol. The molecule has 0 bridgehead atoms. The quantitative estimate of drug-likeness (QED) is 0.864. The van der Waals surface area contributed by atoms with Crippen LogP contribution in [-0.2, 0) is 11.3 Å². The number of piperidine rings is 1. The first-order valence-corrected chi connectivity index (χ1v) is 8.62. The average Bonchev–Trinajstić information content (AvgIpc) is 2.90. The number of hydrogen-bond donors (Lipinski definition) is 1. The maximum absolute atomic E-state index is 12.7. The zero-order valence-electron chi connectivity index (χ0n) is 14.0. The Morgan fingerprint density at radius 3 is 2.79 bits per heavy atom. The monoisotopic (exact) mass is 327 g/mol. The molecule has 1 aromatic rings. The molecule has 2 fully saturated rings. The van der Waals surface area contributed by atoms with Gasteiger partial charge in [-0.15, -0.1) is 6.58 Å². The number of carbonyl (C=O) groups is 2. The lowest BCUT2D eigenvalue weighted by Gasteiger charge is -2.38. The van der Waals surface area contributed by atoms with Crippen LogP contribution in [0.5, 0.6) is 0 Å². The van der Waals surface area contributed by atoms with Crippen molar-refractivity contribution in [2.45, 2.75) is 25.8 Å². The molecule has 1 aromatic carbocycles. The number of likely N-dealkylation sites (tertiary alicyclic amines) is 2. The van der Waals surface area contributed by atoms with Crippen LogP contribution in [0.25, 0.3) is 0 Å². The third-order valence-electron chi connectivity index (χ3n) is 5.10. The fourth-order valence-electron chi connectivity index (χ4n) is 3.79. The van der Waals surface area contributed by atoms with Crippen LogP contribution in [0.15, 0.2) is 43.0 Å². The Morgan fingerprint density at radius 1 is 1.25 bits per heavy atom. The molecule has 2 aliphatic heterocycles. The molecule has 2 saturated heterocycles. The lowest BCUT2D eigenvalue weighted by molar-refractivity contribution is -0.137. The van der Waals surface area contributed by atoms with E-state index < -0.39 is 0 Å². The van der Waals surface area contributed by atoms with Crippen molar-refractivity contribution in [3.05, 3.63) is 48.6 Å².